The fraction of sp³-hybridized carbons (Fsp3) is 0.600. The van der Waals surface area contributed by atoms with Gasteiger partial charge in [-0.05, 0) is 19.8 Å². The van der Waals surface area contributed by atoms with E-state index in [2.05, 4.69) is 10.4 Å². The first-order valence-corrected chi connectivity index (χ1v) is 5.09. The molecule has 0 unspecified atom stereocenters. The zero-order valence-corrected chi connectivity index (χ0v) is 9.08. The largest absolute Gasteiger partial charge is 0.329 e. The average molecular weight is 208 g/mol. The second-order valence-electron chi connectivity index (χ2n) is 4.24. The van der Waals surface area contributed by atoms with Crippen LogP contribution in [-0.2, 0) is 11.8 Å². The Hall–Kier alpha value is -1.36. The molecular formula is C10H16N4O. The van der Waals surface area contributed by atoms with Gasteiger partial charge in [0.05, 0.1) is 16.8 Å². The van der Waals surface area contributed by atoms with Gasteiger partial charge in [0.2, 0.25) is 5.91 Å². The Labute approximate surface area is 88.6 Å². The number of hydrogen-bond donors (Lipinski definition) is 2. The van der Waals surface area contributed by atoms with Crippen LogP contribution in [0.2, 0.25) is 0 Å². The van der Waals surface area contributed by atoms with Gasteiger partial charge >= 0.3 is 0 Å². The minimum absolute atomic E-state index is 0.0288. The molecule has 3 N–H and O–H groups in total. The molecule has 0 aliphatic heterocycles. The lowest BCUT2D eigenvalue weighted by molar-refractivity contribution is -0.120. The van der Waals surface area contributed by atoms with E-state index in [-0.39, 0.29) is 11.3 Å². The molecule has 0 atom stereocenters. The standard InChI is InChI=1S/C10H16N4O/c1-7-8(5-14(2)13-7)12-9(15)10(6-11)3-4-10/h5H,3-4,6,11H2,1-2H3,(H,12,15). The molecule has 1 fully saturated rings. The van der Waals surface area contributed by atoms with Crippen LogP contribution in [0.4, 0.5) is 5.69 Å². The Bertz CT molecular complexity index is 392. The minimum atomic E-state index is -0.303. The lowest BCUT2D eigenvalue weighted by atomic mass is 10.1. The quantitative estimate of drug-likeness (QED) is 0.755. The van der Waals surface area contributed by atoms with Crippen LogP contribution in [0.15, 0.2) is 6.20 Å². The van der Waals surface area contributed by atoms with Crippen LogP contribution < -0.4 is 11.1 Å². The third-order valence-corrected chi connectivity index (χ3v) is 2.99. The van der Waals surface area contributed by atoms with Crippen molar-refractivity contribution in [3.63, 3.8) is 0 Å². The molecule has 1 aromatic rings. The van der Waals surface area contributed by atoms with Gasteiger partial charge in [-0.1, -0.05) is 0 Å². The SMILES string of the molecule is Cc1nn(C)cc1NC(=O)C1(CN)CC1. The molecule has 1 saturated carbocycles. The van der Waals surface area contributed by atoms with Crippen LogP contribution in [-0.4, -0.2) is 22.2 Å². The fourth-order valence-corrected chi connectivity index (χ4v) is 1.65. The van der Waals surface area contributed by atoms with Crippen LogP contribution in [0.5, 0.6) is 0 Å². The third-order valence-electron chi connectivity index (χ3n) is 2.99. The highest BCUT2D eigenvalue weighted by molar-refractivity contribution is 5.97. The predicted molar refractivity (Wildman–Crippen MR) is 57.3 cm³/mol. The second kappa shape index (κ2) is 3.34. The Morgan fingerprint density at radius 2 is 2.40 bits per heavy atom. The van der Waals surface area contributed by atoms with Crippen molar-refractivity contribution in [1.82, 2.24) is 9.78 Å². The number of aromatic nitrogens is 2. The molecule has 0 spiro atoms. The van der Waals surface area contributed by atoms with E-state index in [4.69, 9.17) is 5.73 Å². The number of rotatable bonds is 3. The number of hydrogen-bond acceptors (Lipinski definition) is 3. The van der Waals surface area contributed by atoms with E-state index in [0.29, 0.717) is 6.54 Å². The van der Waals surface area contributed by atoms with Crippen LogP contribution >= 0.6 is 0 Å². The number of anilines is 1. The Balaban J connectivity index is 2.09. The van der Waals surface area contributed by atoms with Crippen molar-refractivity contribution in [2.45, 2.75) is 19.8 Å². The van der Waals surface area contributed by atoms with Gasteiger partial charge in [-0.3, -0.25) is 9.48 Å². The first-order valence-electron chi connectivity index (χ1n) is 5.09. The molecule has 1 heterocycles. The topological polar surface area (TPSA) is 72.9 Å². The Kier molecular flexibility index (Phi) is 2.26. The predicted octanol–water partition coefficient (Wildman–Crippen LogP) is 0.406. The van der Waals surface area contributed by atoms with Gasteiger partial charge < -0.3 is 11.1 Å². The lowest BCUT2D eigenvalue weighted by Crippen LogP contribution is -2.30. The van der Waals surface area contributed by atoms with Crippen molar-refractivity contribution in [1.29, 1.82) is 0 Å². The summed E-state index contributed by atoms with van der Waals surface area (Å²) in [5, 5.41) is 7.05. The van der Waals surface area contributed by atoms with E-state index in [9.17, 15) is 4.79 Å². The molecule has 5 nitrogen and oxygen atoms in total. The molecule has 0 aromatic carbocycles. The highest BCUT2D eigenvalue weighted by Gasteiger charge is 2.48. The van der Waals surface area contributed by atoms with Crippen LogP contribution in [0.3, 0.4) is 0 Å². The summed E-state index contributed by atoms with van der Waals surface area (Å²) in [7, 11) is 1.83. The van der Waals surface area contributed by atoms with Crippen LogP contribution in [0, 0.1) is 12.3 Å². The number of aryl methyl sites for hydroxylation is 2. The number of nitrogens with one attached hydrogen (secondary N) is 1. The molecular weight excluding hydrogens is 192 g/mol. The van der Waals surface area contributed by atoms with Crippen molar-refractivity contribution < 1.29 is 4.79 Å². The summed E-state index contributed by atoms with van der Waals surface area (Å²) < 4.78 is 1.69. The number of nitrogens with zero attached hydrogens (tertiary/aromatic N) is 2. The van der Waals surface area contributed by atoms with Crippen molar-refractivity contribution in [2.75, 3.05) is 11.9 Å². The highest BCUT2D eigenvalue weighted by atomic mass is 16.2. The molecule has 82 valence electrons. The van der Waals surface area contributed by atoms with Gasteiger partial charge in [0, 0.05) is 19.8 Å². The zero-order chi connectivity index (χ0) is 11.1. The van der Waals surface area contributed by atoms with E-state index in [1.807, 2.05) is 14.0 Å². The van der Waals surface area contributed by atoms with Gasteiger partial charge in [-0.15, -0.1) is 0 Å². The molecule has 1 aromatic heterocycles. The van der Waals surface area contributed by atoms with Crippen molar-refractivity contribution in [2.24, 2.45) is 18.2 Å². The van der Waals surface area contributed by atoms with Gasteiger partial charge in [-0.25, -0.2) is 0 Å². The van der Waals surface area contributed by atoms with Gasteiger partial charge in [0.25, 0.3) is 0 Å². The minimum Gasteiger partial charge on any atom is -0.329 e. The fourth-order valence-electron chi connectivity index (χ4n) is 1.65. The smallest absolute Gasteiger partial charge is 0.231 e. The van der Waals surface area contributed by atoms with E-state index in [0.717, 1.165) is 24.2 Å². The molecule has 2 rings (SSSR count). The van der Waals surface area contributed by atoms with Gasteiger partial charge in [0.15, 0.2) is 0 Å². The monoisotopic (exact) mass is 208 g/mol. The van der Waals surface area contributed by atoms with E-state index < -0.39 is 0 Å². The first-order chi connectivity index (χ1) is 7.07. The summed E-state index contributed by atoms with van der Waals surface area (Å²) >= 11 is 0. The second-order valence-corrected chi connectivity index (χ2v) is 4.24. The maximum absolute atomic E-state index is 11.9. The lowest BCUT2D eigenvalue weighted by Gasteiger charge is -2.11. The number of nitrogens with two attached hydrogens (primary N) is 1. The molecule has 1 amide bonds. The molecule has 1 aliphatic carbocycles. The highest BCUT2D eigenvalue weighted by Crippen LogP contribution is 2.45. The average Bonchev–Trinajstić information content (AvgIpc) is 2.91. The number of amides is 1. The Morgan fingerprint density at radius 1 is 1.73 bits per heavy atom. The molecule has 0 saturated heterocycles. The van der Waals surface area contributed by atoms with Crippen molar-refractivity contribution >= 4 is 11.6 Å². The first kappa shape index (κ1) is 10.2. The van der Waals surface area contributed by atoms with E-state index >= 15 is 0 Å². The summed E-state index contributed by atoms with van der Waals surface area (Å²) in [4.78, 5) is 11.9. The van der Waals surface area contributed by atoms with Crippen molar-refractivity contribution in [3.05, 3.63) is 11.9 Å². The molecule has 1 aliphatic rings. The number of carbonyl (C=O) groups excluding carboxylic acids is 1. The van der Waals surface area contributed by atoms with E-state index in [1.165, 1.54) is 0 Å². The Morgan fingerprint density at radius 3 is 2.80 bits per heavy atom. The molecule has 15 heavy (non-hydrogen) atoms. The molecule has 5 heteroatoms. The molecule has 0 radical (unpaired) electrons. The maximum Gasteiger partial charge on any atom is 0.231 e. The van der Waals surface area contributed by atoms with Gasteiger partial charge in [0.1, 0.15) is 0 Å². The van der Waals surface area contributed by atoms with Crippen molar-refractivity contribution in [3.8, 4) is 0 Å². The summed E-state index contributed by atoms with van der Waals surface area (Å²) in [5.41, 5.74) is 6.89. The summed E-state index contributed by atoms with van der Waals surface area (Å²) in [6, 6.07) is 0. The summed E-state index contributed by atoms with van der Waals surface area (Å²) in [6.45, 7) is 2.30. The van der Waals surface area contributed by atoms with Crippen LogP contribution in [0.25, 0.3) is 0 Å². The molecule has 0 bridgehead atoms. The van der Waals surface area contributed by atoms with E-state index in [1.54, 1.807) is 10.9 Å². The normalized spacial score (nSPS) is 17.5. The third kappa shape index (κ3) is 1.74. The maximum atomic E-state index is 11.9. The van der Waals surface area contributed by atoms with Gasteiger partial charge in [-0.2, -0.15) is 5.10 Å². The summed E-state index contributed by atoms with van der Waals surface area (Å²) in [5.74, 6) is 0.0288. The zero-order valence-electron chi connectivity index (χ0n) is 9.08. The number of carbonyl (C=O) groups is 1. The summed E-state index contributed by atoms with van der Waals surface area (Å²) in [6.07, 6.45) is 3.60. The van der Waals surface area contributed by atoms with Crippen LogP contribution in [0.1, 0.15) is 18.5 Å².